The second-order valence-corrected chi connectivity index (χ2v) is 5.49. The third-order valence-corrected chi connectivity index (χ3v) is 4.01. The number of fused-ring (bicyclic) bond motifs is 1. The molecule has 0 radical (unpaired) electrons. The monoisotopic (exact) mass is 360 g/mol. The van der Waals surface area contributed by atoms with E-state index in [-0.39, 0.29) is 36.6 Å². The van der Waals surface area contributed by atoms with E-state index in [4.69, 9.17) is 0 Å². The molecule has 2 heterocycles. The van der Waals surface area contributed by atoms with Gasteiger partial charge in [0.25, 0.3) is 5.91 Å². The Balaban J connectivity index is 0.00000132. The molecule has 8 heteroatoms. The summed E-state index contributed by atoms with van der Waals surface area (Å²) in [6.07, 6.45) is 0.465. The number of nitrogens with zero attached hydrogens (tertiary/aromatic N) is 2. The molecule has 2 amide bonds. The number of rotatable bonds is 1. The van der Waals surface area contributed by atoms with Gasteiger partial charge < -0.3 is 20.4 Å². The Morgan fingerprint density at radius 3 is 2.52 bits per heavy atom. The minimum absolute atomic E-state index is 0. The van der Waals surface area contributed by atoms with Gasteiger partial charge >= 0.3 is 0 Å². The predicted octanol–water partition coefficient (Wildman–Crippen LogP) is 1.35. The number of carbonyl (C=O) groups excluding carboxylic acids is 2. The normalized spacial score (nSPS) is 17.2. The van der Waals surface area contributed by atoms with Gasteiger partial charge in [0.05, 0.1) is 11.4 Å². The summed E-state index contributed by atoms with van der Waals surface area (Å²) in [7, 11) is 1.96. The molecule has 1 fully saturated rings. The third-order valence-electron chi connectivity index (χ3n) is 4.01. The molecular weight excluding hydrogens is 339 g/mol. The Morgan fingerprint density at radius 2 is 1.83 bits per heavy atom. The van der Waals surface area contributed by atoms with E-state index in [0.29, 0.717) is 18.5 Å². The number of hydrogen-bond donors (Lipinski definition) is 2. The summed E-state index contributed by atoms with van der Waals surface area (Å²) < 4.78 is 0. The second-order valence-electron chi connectivity index (χ2n) is 5.49. The SMILES string of the molecule is CN1CCC(=O)Nc2cc(C(=O)N3CCNCC3)ccc21.Cl.Cl. The lowest BCUT2D eigenvalue weighted by Crippen LogP contribution is -2.46. The molecule has 0 saturated carbocycles. The van der Waals surface area contributed by atoms with Crippen molar-refractivity contribution in [3.63, 3.8) is 0 Å². The van der Waals surface area contributed by atoms with Crippen molar-refractivity contribution in [2.75, 3.05) is 50.0 Å². The van der Waals surface area contributed by atoms with Crippen LogP contribution in [-0.4, -0.2) is 56.5 Å². The van der Waals surface area contributed by atoms with E-state index in [2.05, 4.69) is 10.6 Å². The van der Waals surface area contributed by atoms with E-state index in [0.717, 1.165) is 37.6 Å². The van der Waals surface area contributed by atoms with Crippen LogP contribution in [0.2, 0.25) is 0 Å². The maximum atomic E-state index is 12.5. The van der Waals surface area contributed by atoms with Crippen molar-refractivity contribution in [3.8, 4) is 0 Å². The number of anilines is 2. The lowest BCUT2D eigenvalue weighted by molar-refractivity contribution is -0.115. The first kappa shape index (κ1) is 19.5. The zero-order chi connectivity index (χ0) is 14.8. The van der Waals surface area contributed by atoms with Crippen LogP contribution in [0.4, 0.5) is 11.4 Å². The lowest BCUT2D eigenvalue weighted by atomic mass is 10.1. The van der Waals surface area contributed by atoms with E-state index in [1.165, 1.54) is 0 Å². The highest BCUT2D eigenvalue weighted by molar-refractivity contribution is 6.01. The average Bonchev–Trinajstić information content (AvgIpc) is 2.66. The van der Waals surface area contributed by atoms with Crippen molar-refractivity contribution in [3.05, 3.63) is 23.8 Å². The molecule has 0 aliphatic carbocycles. The fourth-order valence-corrected chi connectivity index (χ4v) is 2.75. The molecule has 23 heavy (non-hydrogen) atoms. The molecule has 0 unspecified atom stereocenters. The van der Waals surface area contributed by atoms with Gasteiger partial charge in [0.1, 0.15) is 0 Å². The summed E-state index contributed by atoms with van der Waals surface area (Å²) in [5.41, 5.74) is 2.31. The van der Waals surface area contributed by atoms with Crippen molar-refractivity contribution >= 4 is 48.0 Å². The van der Waals surface area contributed by atoms with Crippen LogP contribution in [0.25, 0.3) is 0 Å². The third kappa shape index (κ3) is 4.28. The summed E-state index contributed by atoms with van der Waals surface area (Å²) in [5.74, 6) is 0.0211. The highest BCUT2D eigenvalue weighted by Crippen LogP contribution is 2.29. The Kier molecular flexibility index (Phi) is 7.12. The summed E-state index contributed by atoms with van der Waals surface area (Å²) >= 11 is 0. The molecule has 0 spiro atoms. The van der Waals surface area contributed by atoms with Crippen molar-refractivity contribution in [2.24, 2.45) is 0 Å². The smallest absolute Gasteiger partial charge is 0.254 e. The number of hydrogen-bond acceptors (Lipinski definition) is 4. The van der Waals surface area contributed by atoms with Crippen LogP contribution in [0.15, 0.2) is 18.2 Å². The number of piperazine rings is 1. The molecule has 128 valence electrons. The Morgan fingerprint density at radius 1 is 1.13 bits per heavy atom. The number of halogens is 2. The fourth-order valence-electron chi connectivity index (χ4n) is 2.75. The van der Waals surface area contributed by atoms with Crippen LogP contribution in [0.5, 0.6) is 0 Å². The quantitative estimate of drug-likeness (QED) is 0.793. The van der Waals surface area contributed by atoms with Crippen LogP contribution in [-0.2, 0) is 4.79 Å². The highest BCUT2D eigenvalue weighted by atomic mass is 35.5. The maximum absolute atomic E-state index is 12.5. The Hall–Kier alpha value is -1.50. The molecule has 1 aromatic carbocycles. The van der Waals surface area contributed by atoms with Crippen LogP contribution >= 0.6 is 24.8 Å². The largest absolute Gasteiger partial charge is 0.372 e. The minimum atomic E-state index is -0.00706. The Bertz CT molecular complexity index is 577. The number of amides is 2. The molecule has 2 aliphatic rings. The van der Waals surface area contributed by atoms with Crippen molar-refractivity contribution in [1.29, 1.82) is 0 Å². The summed E-state index contributed by atoms with van der Waals surface area (Å²) in [6, 6.07) is 5.55. The van der Waals surface area contributed by atoms with Crippen LogP contribution in [0.1, 0.15) is 16.8 Å². The van der Waals surface area contributed by atoms with Gasteiger partial charge in [-0.2, -0.15) is 0 Å². The van der Waals surface area contributed by atoms with Gasteiger partial charge in [-0.1, -0.05) is 0 Å². The zero-order valence-electron chi connectivity index (χ0n) is 13.0. The van der Waals surface area contributed by atoms with Gasteiger partial charge in [0.2, 0.25) is 5.91 Å². The Labute approximate surface area is 148 Å². The number of benzene rings is 1. The molecule has 1 saturated heterocycles. The van der Waals surface area contributed by atoms with Gasteiger partial charge in [-0.3, -0.25) is 9.59 Å². The molecule has 2 N–H and O–H groups in total. The van der Waals surface area contributed by atoms with E-state index in [1.807, 2.05) is 29.0 Å². The fraction of sp³-hybridized carbons (Fsp3) is 0.467. The van der Waals surface area contributed by atoms with Crippen LogP contribution < -0.4 is 15.5 Å². The predicted molar refractivity (Wildman–Crippen MR) is 96.2 cm³/mol. The first-order chi connectivity index (χ1) is 10.1. The van der Waals surface area contributed by atoms with E-state index in [1.54, 1.807) is 6.07 Å². The zero-order valence-corrected chi connectivity index (χ0v) is 14.6. The molecule has 0 atom stereocenters. The lowest BCUT2D eigenvalue weighted by Gasteiger charge is -2.28. The molecule has 1 aromatic rings. The number of nitrogens with one attached hydrogen (secondary N) is 2. The molecular formula is C15H22Cl2N4O2. The van der Waals surface area contributed by atoms with Crippen molar-refractivity contribution in [1.82, 2.24) is 10.2 Å². The molecule has 2 aliphatic heterocycles. The highest BCUT2D eigenvalue weighted by Gasteiger charge is 2.21. The van der Waals surface area contributed by atoms with E-state index >= 15 is 0 Å². The standard InChI is InChI=1S/C15H20N4O2.2ClH/c1-18-7-4-14(20)17-12-10-11(2-3-13(12)18)15(21)19-8-5-16-6-9-19;;/h2-3,10,16H,4-9H2,1H3,(H,17,20);2*1H. The van der Waals surface area contributed by atoms with Crippen molar-refractivity contribution < 1.29 is 9.59 Å². The average molecular weight is 361 g/mol. The first-order valence-electron chi connectivity index (χ1n) is 7.30. The molecule has 6 nitrogen and oxygen atoms in total. The molecule has 0 bridgehead atoms. The molecule has 3 rings (SSSR count). The topological polar surface area (TPSA) is 64.7 Å². The minimum Gasteiger partial charge on any atom is -0.372 e. The summed E-state index contributed by atoms with van der Waals surface area (Å²) in [6.45, 7) is 3.79. The molecule has 0 aromatic heterocycles. The van der Waals surface area contributed by atoms with Gasteiger partial charge in [-0.25, -0.2) is 0 Å². The summed E-state index contributed by atoms with van der Waals surface area (Å²) in [4.78, 5) is 28.1. The maximum Gasteiger partial charge on any atom is 0.254 e. The van der Waals surface area contributed by atoms with Gasteiger partial charge in [-0.05, 0) is 18.2 Å². The van der Waals surface area contributed by atoms with E-state index < -0.39 is 0 Å². The second kappa shape index (κ2) is 8.38. The first-order valence-corrected chi connectivity index (χ1v) is 7.30. The van der Waals surface area contributed by atoms with Gasteiger partial charge in [0.15, 0.2) is 0 Å². The van der Waals surface area contributed by atoms with Crippen LogP contribution in [0, 0.1) is 0 Å². The van der Waals surface area contributed by atoms with Crippen molar-refractivity contribution in [2.45, 2.75) is 6.42 Å². The van der Waals surface area contributed by atoms with Gasteiger partial charge in [-0.15, -0.1) is 24.8 Å². The van der Waals surface area contributed by atoms with E-state index in [9.17, 15) is 9.59 Å². The van der Waals surface area contributed by atoms with Crippen LogP contribution in [0.3, 0.4) is 0 Å². The summed E-state index contributed by atoms with van der Waals surface area (Å²) in [5, 5.41) is 6.12. The van der Waals surface area contributed by atoms with Gasteiger partial charge in [0, 0.05) is 51.8 Å². The number of carbonyl (C=O) groups is 2.